The van der Waals surface area contributed by atoms with Crippen molar-refractivity contribution >= 4 is 0 Å². The van der Waals surface area contributed by atoms with Gasteiger partial charge in [-0.05, 0) is 6.42 Å². The van der Waals surface area contributed by atoms with Crippen molar-refractivity contribution in [2.24, 2.45) is 5.73 Å². The van der Waals surface area contributed by atoms with Gasteiger partial charge in [0.1, 0.15) is 6.17 Å². The molecule has 2 N–H and O–H groups in total. The van der Waals surface area contributed by atoms with Gasteiger partial charge in [-0.3, -0.25) is 0 Å². The maximum absolute atomic E-state index is 12.5. The van der Waals surface area contributed by atoms with E-state index >= 15 is 0 Å². The Morgan fingerprint density at radius 2 is 2.20 bits per heavy atom. The second-order valence-electron chi connectivity index (χ2n) is 3.36. The quantitative estimate of drug-likeness (QED) is 0.602. The van der Waals surface area contributed by atoms with Crippen LogP contribution < -0.4 is 5.73 Å². The molecule has 1 fully saturated rings. The van der Waals surface area contributed by atoms with Gasteiger partial charge in [-0.2, -0.15) is 0 Å². The molecule has 2 unspecified atom stereocenters. The Labute approximate surface area is 61.8 Å². The topological polar surface area (TPSA) is 26.0 Å². The Morgan fingerprint density at radius 3 is 2.60 bits per heavy atom. The van der Waals surface area contributed by atoms with Crippen molar-refractivity contribution in [3.05, 3.63) is 0 Å². The lowest BCUT2D eigenvalue weighted by atomic mass is 10.1. The lowest BCUT2D eigenvalue weighted by Crippen LogP contribution is -2.25. The highest BCUT2D eigenvalue weighted by Gasteiger charge is 2.50. The summed E-state index contributed by atoms with van der Waals surface area (Å²) >= 11 is 0. The second kappa shape index (κ2) is 2.87. The predicted octanol–water partition coefficient (Wildman–Crippen LogP) is 2.01. The average molecular weight is 145 g/mol. The summed E-state index contributed by atoms with van der Waals surface area (Å²) in [4.78, 5) is 0. The Hall–Kier alpha value is -0.110. The highest BCUT2D eigenvalue weighted by Crippen LogP contribution is 2.40. The molecule has 10 heavy (non-hydrogen) atoms. The van der Waals surface area contributed by atoms with Gasteiger partial charge < -0.3 is 5.73 Å². The number of unbranched alkanes of at least 4 members (excludes halogenated alkanes) is 2. The molecule has 0 bridgehead atoms. The van der Waals surface area contributed by atoms with Crippen molar-refractivity contribution in [2.75, 3.05) is 0 Å². The third-order valence-electron chi connectivity index (χ3n) is 2.27. The normalized spacial score (nSPS) is 38.1. The van der Waals surface area contributed by atoms with Crippen LogP contribution in [0, 0.1) is 0 Å². The lowest BCUT2D eigenvalue weighted by molar-refractivity contribution is 0.398. The first-order chi connectivity index (χ1) is 4.69. The Bertz CT molecular complexity index is 116. The van der Waals surface area contributed by atoms with Crippen LogP contribution in [0.2, 0.25) is 0 Å². The molecular weight excluding hydrogens is 129 g/mol. The van der Waals surface area contributed by atoms with E-state index < -0.39 is 11.7 Å². The zero-order valence-corrected chi connectivity index (χ0v) is 6.57. The van der Waals surface area contributed by atoms with Crippen molar-refractivity contribution in [3.63, 3.8) is 0 Å². The Kier molecular flexibility index (Phi) is 2.29. The molecule has 1 aliphatic rings. The second-order valence-corrected chi connectivity index (χ2v) is 3.36. The number of alkyl halides is 1. The van der Waals surface area contributed by atoms with Crippen LogP contribution in [0.5, 0.6) is 0 Å². The summed E-state index contributed by atoms with van der Waals surface area (Å²) in [6.07, 6.45) is 4.23. The van der Waals surface area contributed by atoms with Crippen LogP contribution in [-0.2, 0) is 0 Å². The molecule has 0 aromatic carbocycles. The van der Waals surface area contributed by atoms with Crippen molar-refractivity contribution in [3.8, 4) is 0 Å². The summed E-state index contributed by atoms with van der Waals surface area (Å²) in [6.45, 7) is 2.14. The molecule has 1 saturated carbocycles. The molecule has 0 aromatic rings. The molecule has 0 saturated heterocycles. The van der Waals surface area contributed by atoms with Gasteiger partial charge in [-0.1, -0.05) is 26.2 Å². The first-order valence-corrected chi connectivity index (χ1v) is 4.12. The highest BCUT2D eigenvalue weighted by molar-refractivity contribution is 5.08. The van der Waals surface area contributed by atoms with Gasteiger partial charge in [0.25, 0.3) is 0 Å². The number of rotatable bonds is 4. The van der Waals surface area contributed by atoms with Gasteiger partial charge in [0.15, 0.2) is 0 Å². The van der Waals surface area contributed by atoms with Gasteiger partial charge >= 0.3 is 0 Å². The van der Waals surface area contributed by atoms with Gasteiger partial charge in [-0.25, -0.2) is 4.39 Å². The third-order valence-corrected chi connectivity index (χ3v) is 2.27. The summed E-state index contributed by atoms with van der Waals surface area (Å²) in [5.41, 5.74) is 5.25. The standard InChI is InChI=1S/C8H16FN/c1-2-3-4-5-8(10)6-7(8)9/h7H,2-6,10H2,1H3. The molecule has 0 aromatic heterocycles. The van der Waals surface area contributed by atoms with E-state index in [2.05, 4.69) is 6.92 Å². The monoisotopic (exact) mass is 145 g/mol. The van der Waals surface area contributed by atoms with Gasteiger partial charge in [0, 0.05) is 6.42 Å². The van der Waals surface area contributed by atoms with E-state index in [9.17, 15) is 4.39 Å². The summed E-state index contributed by atoms with van der Waals surface area (Å²) in [6, 6.07) is 0. The van der Waals surface area contributed by atoms with Gasteiger partial charge in [0.05, 0.1) is 5.54 Å². The van der Waals surface area contributed by atoms with Gasteiger partial charge in [-0.15, -0.1) is 0 Å². The van der Waals surface area contributed by atoms with Crippen molar-refractivity contribution in [2.45, 2.75) is 50.7 Å². The lowest BCUT2D eigenvalue weighted by Gasteiger charge is -2.06. The van der Waals surface area contributed by atoms with Crippen molar-refractivity contribution < 1.29 is 4.39 Å². The zero-order chi connectivity index (χ0) is 7.61. The van der Waals surface area contributed by atoms with Crippen LogP contribution in [0.3, 0.4) is 0 Å². The first-order valence-electron chi connectivity index (χ1n) is 4.12. The van der Waals surface area contributed by atoms with Gasteiger partial charge in [0.2, 0.25) is 0 Å². The SMILES string of the molecule is CCCCCC1(N)CC1F. The van der Waals surface area contributed by atoms with Crippen LogP contribution in [-0.4, -0.2) is 11.7 Å². The third kappa shape index (κ3) is 1.69. The molecule has 0 spiro atoms. The number of hydrogen-bond acceptors (Lipinski definition) is 1. The van der Waals surface area contributed by atoms with Crippen molar-refractivity contribution in [1.82, 2.24) is 0 Å². The van der Waals surface area contributed by atoms with E-state index in [0.29, 0.717) is 6.42 Å². The van der Waals surface area contributed by atoms with Crippen LogP contribution in [0.15, 0.2) is 0 Å². The van der Waals surface area contributed by atoms with Crippen LogP contribution in [0.4, 0.5) is 4.39 Å². The Balaban J connectivity index is 2.03. The number of halogens is 1. The molecule has 1 nitrogen and oxygen atoms in total. The molecule has 0 amide bonds. The van der Waals surface area contributed by atoms with E-state index in [-0.39, 0.29) is 0 Å². The number of hydrogen-bond donors (Lipinski definition) is 1. The van der Waals surface area contributed by atoms with E-state index in [0.717, 1.165) is 12.8 Å². The molecule has 1 rings (SSSR count). The summed E-state index contributed by atoms with van der Waals surface area (Å²) in [5, 5.41) is 0. The van der Waals surface area contributed by atoms with Crippen LogP contribution >= 0.6 is 0 Å². The molecule has 60 valence electrons. The smallest absolute Gasteiger partial charge is 0.120 e. The number of nitrogens with two attached hydrogens (primary N) is 1. The maximum atomic E-state index is 12.5. The van der Waals surface area contributed by atoms with E-state index in [1.807, 2.05) is 0 Å². The first kappa shape index (κ1) is 7.99. The molecule has 2 heteroatoms. The Morgan fingerprint density at radius 1 is 1.60 bits per heavy atom. The fourth-order valence-corrected chi connectivity index (χ4v) is 1.24. The molecule has 1 aliphatic carbocycles. The zero-order valence-electron chi connectivity index (χ0n) is 6.57. The molecular formula is C8H16FN. The maximum Gasteiger partial charge on any atom is 0.120 e. The minimum atomic E-state index is -0.704. The summed E-state index contributed by atoms with van der Waals surface area (Å²) in [5.74, 6) is 0. The fraction of sp³-hybridized carbons (Fsp3) is 1.00. The molecule has 0 heterocycles. The molecule has 0 radical (unpaired) electrons. The van der Waals surface area contributed by atoms with E-state index in [1.165, 1.54) is 12.8 Å². The average Bonchev–Trinajstić information content (AvgIpc) is 2.42. The minimum Gasteiger partial charge on any atom is -0.323 e. The van der Waals surface area contributed by atoms with Crippen LogP contribution in [0.1, 0.15) is 39.0 Å². The largest absolute Gasteiger partial charge is 0.323 e. The predicted molar refractivity (Wildman–Crippen MR) is 40.6 cm³/mol. The fourth-order valence-electron chi connectivity index (χ4n) is 1.24. The van der Waals surface area contributed by atoms with Crippen LogP contribution in [0.25, 0.3) is 0 Å². The summed E-state index contributed by atoms with van der Waals surface area (Å²) < 4.78 is 12.5. The van der Waals surface area contributed by atoms with Crippen molar-refractivity contribution in [1.29, 1.82) is 0 Å². The van der Waals surface area contributed by atoms with E-state index in [4.69, 9.17) is 5.73 Å². The molecule has 0 aliphatic heterocycles. The molecule has 2 atom stereocenters. The summed E-state index contributed by atoms with van der Waals surface area (Å²) in [7, 11) is 0. The minimum absolute atomic E-state index is 0.408. The van der Waals surface area contributed by atoms with E-state index in [1.54, 1.807) is 0 Å². The highest BCUT2D eigenvalue weighted by atomic mass is 19.1.